The number of likely N-dealkylation sites (tertiary alicyclic amines) is 1. The third kappa shape index (κ3) is 3.22. The number of fused-ring (bicyclic) bond motifs is 1. The molecule has 1 atom stereocenters. The summed E-state index contributed by atoms with van der Waals surface area (Å²) in [7, 11) is 1.34. The van der Waals surface area contributed by atoms with E-state index in [2.05, 4.69) is 9.97 Å². The van der Waals surface area contributed by atoms with Gasteiger partial charge in [-0.15, -0.1) is 11.3 Å². The maximum absolute atomic E-state index is 12.5. The van der Waals surface area contributed by atoms with Crippen molar-refractivity contribution in [3.63, 3.8) is 0 Å². The first kappa shape index (κ1) is 17.4. The first-order chi connectivity index (χ1) is 11.5. The zero-order chi connectivity index (χ0) is 17.3. The molecule has 1 fully saturated rings. The monoisotopic (exact) mass is 385 g/mol. The van der Waals surface area contributed by atoms with Gasteiger partial charge in [0.25, 0.3) is 0 Å². The molecule has 6 nitrogen and oxygen atoms in total. The Hall–Kier alpha value is -1.38. The van der Waals surface area contributed by atoms with Crippen LogP contribution < -0.4 is 0 Å². The van der Waals surface area contributed by atoms with E-state index in [1.807, 2.05) is 6.92 Å². The van der Waals surface area contributed by atoms with Crippen molar-refractivity contribution < 1.29 is 14.3 Å². The van der Waals surface area contributed by atoms with Gasteiger partial charge in [0, 0.05) is 11.4 Å². The van der Waals surface area contributed by atoms with Crippen LogP contribution >= 0.6 is 34.7 Å². The number of aryl methyl sites for hydroxylation is 1. The van der Waals surface area contributed by atoms with Gasteiger partial charge in [-0.1, -0.05) is 23.4 Å². The molecule has 2 aromatic rings. The molecule has 3 heterocycles. The first-order valence-electron chi connectivity index (χ1n) is 7.42. The zero-order valence-corrected chi connectivity index (χ0v) is 15.6. The molecule has 3 rings (SSSR count). The number of carbonyl (C=O) groups is 2. The Bertz CT molecular complexity index is 796. The van der Waals surface area contributed by atoms with E-state index in [0.29, 0.717) is 23.0 Å². The van der Waals surface area contributed by atoms with E-state index in [9.17, 15) is 9.59 Å². The summed E-state index contributed by atoms with van der Waals surface area (Å²) in [5.41, 5.74) is 0. The minimum atomic E-state index is -0.472. The second kappa shape index (κ2) is 7.25. The van der Waals surface area contributed by atoms with E-state index in [4.69, 9.17) is 16.3 Å². The second-order valence-corrected chi connectivity index (χ2v) is 7.93. The molecule has 0 unspecified atom stereocenters. The van der Waals surface area contributed by atoms with Gasteiger partial charge < -0.3 is 9.64 Å². The third-order valence-corrected chi connectivity index (χ3v) is 6.51. The van der Waals surface area contributed by atoms with Crippen molar-refractivity contribution in [2.75, 3.05) is 19.4 Å². The highest BCUT2D eigenvalue weighted by atomic mass is 35.5. The topological polar surface area (TPSA) is 72.4 Å². The van der Waals surface area contributed by atoms with Crippen LogP contribution in [0.1, 0.15) is 17.7 Å². The molecule has 0 bridgehead atoms. The van der Waals surface area contributed by atoms with Gasteiger partial charge in [-0.2, -0.15) is 0 Å². The molecule has 0 radical (unpaired) electrons. The first-order valence-corrected chi connectivity index (χ1v) is 9.60. The molecule has 24 heavy (non-hydrogen) atoms. The smallest absolute Gasteiger partial charge is 0.328 e. The Labute approximate surface area is 152 Å². The van der Waals surface area contributed by atoms with Crippen molar-refractivity contribution in [3.8, 4) is 0 Å². The number of hydrogen-bond donors (Lipinski definition) is 0. The molecule has 9 heteroatoms. The number of aromatic nitrogens is 2. The average Bonchev–Trinajstić information content (AvgIpc) is 3.18. The number of thiophene rings is 1. The Balaban J connectivity index is 1.74. The fourth-order valence-corrected chi connectivity index (χ4v) is 5.00. The zero-order valence-electron chi connectivity index (χ0n) is 13.2. The van der Waals surface area contributed by atoms with Crippen LogP contribution in [0.3, 0.4) is 0 Å². The molecule has 128 valence electrons. The van der Waals surface area contributed by atoms with E-state index in [1.54, 1.807) is 4.90 Å². The summed E-state index contributed by atoms with van der Waals surface area (Å²) in [6.07, 6.45) is 2.94. The van der Waals surface area contributed by atoms with E-state index in [0.717, 1.165) is 21.5 Å². The SMILES string of the molecule is COC(=O)[C@@H]1CCCN1C(=O)CSc1ncnc2sc(C)c(Cl)c12. The standard InChI is InChI=1S/C15H16ClN3O3S2/c1-8-12(16)11-13(17-7-18-14(11)24-8)23-6-10(20)19-5-3-4-9(19)15(21)22-2/h7,9H,3-6H2,1-2H3/t9-/m0/s1. The van der Waals surface area contributed by atoms with Crippen molar-refractivity contribution in [1.82, 2.24) is 14.9 Å². The number of carbonyl (C=O) groups excluding carboxylic acids is 2. The van der Waals surface area contributed by atoms with E-state index in [1.165, 1.54) is 36.5 Å². The van der Waals surface area contributed by atoms with Gasteiger partial charge in [0.05, 0.1) is 23.3 Å². The van der Waals surface area contributed by atoms with Crippen LogP contribution in [-0.4, -0.2) is 52.2 Å². The minimum absolute atomic E-state index is 0.0947. The summed E-state index contributed by atoms with van der Waals surface area (Å²) in [4.78, 5) is 36.1. The van der Waals surface area contributed by atoms with Gasteiger partial charge in [0.2, 0.25) is 5.91 Å². The number of ether oxygens (including phenoxy) is 1. The molecule has 1 aliphatic rings. The number of amides is 1. The highest BCUT2D eigenvalue weighted by molar-refractivity contribution is 8.00. The minimum Gasteiger partial charge on any atom is -0.467 e. The van der Waals surface area contributed by atoms with Gasteiger partial charge in [-0.3, -0.25) is 4.79 Å². The van der Waals surface area contributed by atoms with Gasteiger partial charge in [-0.25, -0.2) is 14.8 Å². The highest BCUT2D eigenvalue weighted by Gasteiger charge is 2.34. The number of halogens is 1. The predicted molar refractivity (Wildman–Crippen MR) is 94.6 cm³/mol. The number of methoxy groups -OCH3 is 1. The summed E-state index contributed by atoms with van der Waals surface area (Å²) in [6, 6.07) is -0.472. The molecule has 1 saturated heterocycles. The van der Waals surface area contributed by atoms with E-state index in [-0.39, 0.29) is 17.6 Å². The van der Waals surface area contributed by atoms with Gasteiger partial charge in [-0.05, 0) is 19.8 Å². The van der Waals surface area contributed by atoms with Crippen LogP contribution in [0.15, 0.2) is 11.4 Å². The molecule has 0 spiro atoms. The second-order valence-electron chi connectivity index (χ2n) is 5.39. The van der Waals surface area contributed by atoms with Crippen LogP contribution in [0.4, 0.5) is 0 Å². The van der Waals surface area contributed by atoms with Crippen molar-refractivity contribution in [3.05, 3.63) is 16.2 Å². The Morgan fingerprint density at radius 3 is 3.04 bits per heavy atom. The molecule has 0 aliphatic carbocycles. The Kier molecular flexibility index (Phi) is 5.27. The van der Waals surface area contributed by atoms with Gasteiger partial charge >= 0.3 is 5.97 Å². The summed E-state index contributed by atoms with van der Waals surface area (Å²) >= 11 is 9.16. The summed E-state index contributed by atoms with van der Waals surface area (Å²) < 4.78 is 4.78. The number of thioether (sulfide) groups is 1. The van der Waals surface area contributed by atoms with Gasteiger partial charge in [0.1, 0.15) is 22.2 Å². The van der Waals surface area contributed by atoms with Crippen molar-refractivity contribution in [1.29, 1.82) is 0 Å². The predicted octanol–water partition coefficient (Wildman–Crippen LogP) is 2.91. The van der Waals surface area contributed by atoms with Crippen LogP contribution in [0.25, 0.3) is 10.2 Å². The molecule has 1 amide bonds. The third-order valence-electron chi connectivity index (χ3n) is 3.93. The molecule has 0 N–H and O–H groups in total. The quantitative estimate of drug-likeness (QED) is 0.457. The number of esters is 1. The number of hydrogen-bond acceptors (Lipinski definition) is 7. The molecular weight excluding hydrogens is 370 g/mol. The number of nitrogens with zero attached hydrogens (tertiary/aromatic N) is 3. The van der Waals surface area contributed by atoms with Crippen molar-refractivity contribution in [2.45, 2.75) is 30.8 Å². The lowest BCUT2D eigenvalue weighted by atomic mass is 10.2. The van der Waals surface area contributed by atoms with Crippen molar-refractivity contribution >= 4 is 56.8 Å². The summed E-state index contributed by atoms with van der Waals surface area (Å²) in [5.74, 6) is -0.250. The van der Waals surface area contributed by atoms with E-state index < -0.39 is 6.04 Å². The molecule has 0 saturated carbocycles. The Morgan fingerprint density at radius 1 is 1.50 bits per heavy atom. The maximum atomic E-state index is 12.5. The lowest BCUT2D eigenvalue weighted by molar-refractivity contribution is -0.150. The largest absolute Gasteiger partial charge is 0.467 e. The molecule has 0 aromatic carbocycles. The molecular formula is C15H16ClN3O3S2. The normalized spacial score (nSPS) is 17.5. The Morgan fingerprint density at radius 2 is 2.29 bits per heavy atom. The lowest BCUT2D eigenvalue weighted by Crippen LogP contribution is -2.42. The van der Waals surface area contributed by atoms with Crippen LogP contribution in [-0.2, 0) is 14.3 Å². The van der Waals surface area contributed by atoms with Crippen LogP contribution in [0.2, 0.25) is 5.02 Å². The summed E-state index contributed by atoms with van der Waals surface area (Å²) in [5, 5.41) is 2.13. The van der Waals surface area contributed by atoms with Crippen LogP contribution in [0, 0.1) is 6.92 Å². The average molecular weight is 386 g/mol. The number of rotatable bonds is 4. The van der Waals surface area contributed by atoms with Crippen molar-refractivity contribution in [2.24, 2.45) is 0 Å². The lowest BCUT2D eigenvalue weighted by Gasteiger charge is -2.22. The van der Waals surface area contributed by atoms with E-state index >= 15 is 0 Å². The fraction of sp³-hybridized carbons (Fsp3) is 0.467. The van der Waals surface area contributed by atoms with Crippen LogP contribution in [0.5, 0.6) is 0 Å². The molecule has 1 aliphatic heterocycles. The molecule has 2 aromatic heterocycles. The fourth-order valence-electron chi connectivity index (χ4n) is 2.75. The maximum Gasteiger partial charge on any atom is 0.328 e. The summed E-state index contributed by atoms with van der Waals surface area (Å²) in [6.45, 7) is 2.51. The highest BCUT2D eigenvalue weighted by Crippen LogP contribution is 2.38. The van der Waals surface area contributed by atoms with Gasteiger partial charge in [0.15, 0.2) is 0 Å².